The number of ether oxygens (including phenoxy) is 2. The molecule has 0 atom stereocenters. The summed E-state index contributed by atoms with van der Waals surface area (Å²) in [6, 6.07) is 11.0. The minimum Gasteiger partial charge on any atom is -0.490 e. The highest BCUT2D eigenvalue weighted by atomic mass is 35.5. The Kier molecular flexibility index (Phi) is 7.89. The largest absolute Gasteiger partial charge is 0.490 e. The fourth-order valence-electron chi connectivity index (χ4n) is 2.07. The second-order valence-corrected chi connectivity index (χ2v) is 6.15. The van der Waals surface area contributed by atoms with Gasteiger partial charge in [-0.15, -0.1) is 0 Å². The smallest absolute Gasteiger partial charge is 0.161 e. The predicted molar refractivity (Wildman–Crippen MR) is 106 cm³/mol. The Labute approximate surface area is 158 Å². The second kappa shape index (κ2) is 10.2. The lowest BCUT2D eigenvalue weighted by Crippen LogP contribution is -2.01. The lowest BCUT2D eigenvalue weighted by Gasteiger charge is -2.12. The van der Waals surface area contributed by atoms with Gasteiger partial charge in [0.25, 0.3) is 0 Å². The Morgan fingerprint density at radius 3 is 2.56 bits per heavy atom. The highest BCUT2D eigenvalue weighted by molar-refractivity contribution is 6.42. The normalized spacial score (nSPS) is 10.9. The number of nitrogens with one attached hydrogen (secondary N) is 1. The van der Waals surface area contributed by atoms with Crippen LogP contribution in [0.15, 0.2) is 41.5 Å². The summed E-state index contributed by atoms with van der Waals surface area (Å²) in [5.74, 6) is 1.47. The van der Waals surface area contributed by atoms with Crippen molar-refractivity contribution in [1.29, 1.82) is 0 Å². The van der Waals surface area contributed by atoms with Crippen LogP contribution in [0.3, 0.4) is 0 Å². The molecule has 0 unspecified atom stereocenters. The van der Waals surface area contributed by atoms with Gasteiger partial charge in [0.2, 0.25) is 0 Å². The first-order chi connectivity index (χ1) is 12.1. The van der Waals surface area contributed by atoms with Crippen LogP contribution in [0.2, 0.25) is 10.0 Å². The Hall–Kier alpha value is -1.91. The lowest BCUT2D eigenvalue weighted by molar-refractivity contribution is 0.272. The van der Waals surface area contributed by atoms with E-state index in [9.17, 15) is 0 Å². The first kappa shape index (κ1) is 19.4. The molecule has 0 fully saturated rings. The fraction of sp³-hybridized carbons (Fsp3) is 0.316. The molecule has 2 aromatic rings. The van der Waals surface area contributed by atoms with E-state index >= 15 is 0 Å². The molecule has 0 aliphatic rings. The Morgan fingerprint density at radius 2 is 1.84 bits per heavy atom. The average Bonchev–Trinajstić information content (AvgIpc) is 2.60. The number of rotatable bonds is 9. The van der Waals surface area contributed by atoms with E-state index in [0.29, 0.717) is 23.3 Å². The van der Waals surface area contributed by atoms with Gasteiger partial charge in [-0.05, 0) is 55.3 Å². The Bertz CT molecular complexity index is 721. The highest BCUT2D eigenvalue weighted by Crippen LogP contribution is 2.28. The third kappa shape index (κ3) is 6.15. The summed E-state index contributed by atoms with van der Waals surface area (Å²) in [4.78, 5) is 0. The first-order valence-electron chi connectivity index (χ1n) is 8.27. The summed E-state index contributed by atoms with van der Waals surface area (Å²) < 4.78 is 11.4. The summed E-state index contributed by atoms with van der Waals surface area (Å²) in [5, 5.41) is 5.21. The molecule has 1 N–H and O–H groups in total. The number of hydrogen-bond donors (Lipinski definition) is 1. The molecule has 0 saturated carbocycles. The molecule has 25 heavy (non-hydrogen) atoms. The molecular weight excluding hydrogens is 359 g/mol. The SMILES string of the molecule is CCCCOc1ccc(C=NNc2ccc(Cl)c(Cl)c2)cc1OCC. The molecule has 2 aromatic carbocycles. The van der Waals surface area contributed by atoms with Crippen LogP contribution in [0.1, 0.15) is 32.3 Å². The maximum absolute atomic E-state index is 5.98. The van der Waals surface area contributed by atoms with Crippen LogP contribution in [0.5, 0.6) is 11.5 Å². The molecule has 0 aromatic heterocycles. The van der Waals surface area contributed by atoms with Gasteiger partial charge in [-0.3, -0.25) is 5.43 Å². The van der Waals surface area contributed by atoms with Gasteiger partial charge in [-0.25, -0.2) is 0 Å². The van der Waals surface area contributed by atoms with Crippen molar-refractivity contribution in [3.8, 4) is 11.5 Å². The van der Waals surface area contributed by atoms with E-state index < -0.39 is 0 Å². The van der Waals surface area contributed by atoms with E-state index in [1.807, 2.05) is 31.2 Å². The van der Waals surface area contributed by atoms with Gasteiger partial charge in [-0.2, -0.15) is 5.10 Å². The van der Waals surface area contributed by atoms with Crippen LogP contribution in [0.4, 0.5) is 5.69 Å². The molecule has 0 radical (unpaired) electrons. The van der Waals surface area contributed by atoms with Crippen LogP contribution in [-0.4, -0.2) is 19.4 Å². The van der Waals surface area contributed by atoms with E-state index in [0.717, 1.165) is 35.6 Å². The number of nitrogens with zero attached hydrogens (tertiary/aromatic N) is 1. The van der Waals surface area contributed by atoms with E-state index in [1.165, 1.54) is 0 Å². The zero-order valence-electron chi connectivity index (χ0n) is 14.4. The minimum absolute atomic E-state index is 0.481. The molecule has 0 bridgehead atoms. The van der Waals surface area contributed by atoms with Crippen molar-refractivity contribution in [1.82, 2.24) is 0 Å². The van der Waals surface area contributed by atoms with Gasteiger partial charge < -0.3 is 9.47 Å². The summed E-state index contributed by atoms with van der Waals surface area (Å²) in [6.07, 6.45) is 3.82. The Morgan fingerprint density at radius 1 is 1.00 bits per heavy atom. The van der Waals surface area contributed by atoms with Crippen LogP contribution in [0.25, 0.3) is 0 Å². The molecule has 2 rings (SSSR count). The van der Waals surface area contributed by atoms with E-state index in [4.69, 9.17) is 32.7 Å². The summed E-state index contributed by atoms with van der Waals surface area (Å²) >= 11 is 11.9. The van der Waals surface area contributed by atoms with Gasteiger partial charge in [0.15, 0.2) is 11.5 Å². The minimum atomic E-state index is 0.481. The van der Waals surface area contributed by atoms with Gasteiger partial charge >= 0.3 is 0 Å². The number of unbranched alkanes of at least 4 members (excludes halogenated alkanes) is 1. The highest BCUT2D eigenvalue weighted by Gasteiger charge is 2.06. The van der Waals surface area contributed by atoms with Crippen LogP contribution >= 0.6 is 23.2 Å². The van der Waals surface area contributed by atoms with Crippen molar-refractivity contribution < 1.29 is 9.47 Å². The van der Waals surface area contributed by atoms with Crippen LogP contribution < -0.4 is 14.9 Å². The Balaban J connectivity index is 2.05. The standard InChI is InChI=1S/C19H22Cl2N2O2/c1-3-5-10-25-18-9-6-14(11-19(18)24-4-2)13-22-23-15-7-8-16(20)17(21)12-15/h6-9,11-13,23H,3-5,10H2,1-2H3. The zero-order valence-corrected chi connectivity index (χ0v) is 15.9. The topological polar surface area (TPSA) is 42.8 Å². The van der Waals surface area contributed by atoms with E-state index in [2.05, 4.69) is 17.5 Å². The molecule has 4 nitrogen and oxygen atoms in total. The maximum Gasteiger partial charge on any atom is 0.161 e. The molecule has 134 valence electrons. The van der Waals surface area contributed by atoms with Crippen molar-refractivity contribution >= 4 is 35.1 Å². The number of anilines is 1. The molecule has 6 heteroatoms. The van der Waals surface area contributed by atoms with E-state index in [-0.39, 0.29) is 0 Å². The maximum atomic E-state index is 5.98. The first-order valence-corrected chi connectivity index (χ1v) is 9.03. The average molecular weight is 381 g/mol. The third-order valence-electron chi connectivity index (χ3n) is 3.35. The molecule has 0 saturated heterocycles. The van der Waals surface area contributed by atoms with E-state index in [1.54, 1.807) is 18.3 Å². The van der Waals surface area contributed by atoms with Crippen molar-refractivity contribution in [2.24, 2.45) is 5.10 Å². The summed E-state index contributed by atoms with van der Waals surface area (Å²) in [6.45, 7) is 5.34. The van der Waals surface area contributed by atoms with Crippen molar-refractivity contribution in [2.45, 2.75) is 26.7 Å². The number of hydrogen-bond acceptors (Lipinski definition) is 4. The fourth-order valence-corrected chi connectivity index (χ4v) is 2.36. The van der Waals surface area contributed by atoms with Gasteiger partial charge in [0.1, 0.15) is 0 Å². The quantitative estimate of drug-likeness (QED) is 0.328. The van der Waals surface area contributed by atoms with Gasteiger partial charge in [-0.1, -0.05) is 36.5 Å². The van der Waals surface area contributed by atoms with Crippen LogP contribution in [-0.2, 0) is 0 Å². The monoisotopic (exact) mass is 380 g/mol. The van der Waals surface area contributed by atoms with Crippen molar-refractivity contribution in [2.75, 3.05) is 18.6 Å². The molecule has 0 amide bonds. The zero-order chi connectivity index (χ0) is 18.1. The molecule has 0 spiro atoms. The number of benzene rings is 2. The molecule has 0 heterocycles. The third-order valence-corrected chi connectivity index (χ3v) is 4.09. The van der Waals surface area contributed by atoms with Crippen molar-refractivity contribution in [3.05, 3.63) is 52.0 Å². The lowest BCUT2D eigenvalue weighted by atomic mass is 10.2. The number of halogens is 2. The summed E-state index contributed by atoms with van der Waals surface area (Å²) in [7, 11) is 0. The second-order valence-electron chi connectivity index (χ2n) is 5.34. The predicted octanol–water partition coefficient (Wildman–Crippen LogP) is 6.02. The number of hydrazone groups is 1. The van der Waals surface area contributed by atoms with Gasteiger partial charge in [0.05, 0.1) is 35.2 Å². The van der Waals surface area contributed by atoms with Crippen LogP contribution in [0, 0.1) is 0 Å². The van der Waals surface area contributed by atoms with Gasteiger partial charge in [0, 0.05) is 0 Å². The molecular formula is C19H22Cl2N2O2. The summed E-state index contributed by atoms with van der Waals surface area (Å²) in [5.41, 5.74) is 4.58. The molecule has 0 aliphatic carbocycles. The molecule has 0 aliphatic heterocycles. The van der Waals surface area contributed by atoms with Crippen molar-refractivity contribution in [3.63, 3.8) is 0 Å².